The summed E-state index contributed by atoms with van der Waals surface area (Å²) < 4.78 is 0. The lowest BCUT2D eigenvalue weighted by atomic mass is 10.1. The van der Waals surface area contributed by atoms with Crippen LogP contribution in [0.2, 0.25) is 0 Å². The zero-order chi connectivity index (χ0) is 14.5. The van der Waals surface area contributed by atoms with E-state index in [1.165, 1.54) is 11.1 Å². The molecular weight excluding hydrogens is 280 g/mol. The number of nitrogens with zero attached hydrogens (tertiary/aromatic N) is 3. The second-order valence-electron chi connectivity index (χ2n) is 4.83. The van der Waals surface area contributed by atoms with Gasteiger partial charge in [0, 0.05) is 18.4 Å². The van der Waals surface area contributed by atoms with Crippen molar-refractivity contribution < 1.29 is 0 Å². The van der Waals surface area contributed by atoms with E-state index < -0.39 is 0 Å². The smallest absolute Gasteiger partial charge is 0.184 e. The second-order valence-corrected chi connectivity index (χ2v) is 5.80. The van der Waals surface area contributed by atoms with Crippen molar-refractivity contribution in [3.63, 3.8) is 0 Å². The van der Waals surface area contributed by atoms with Crippen LogP contribution in [-0.4, -0.2) is 20.2 Å². The Morgan fingerprint density at radius 2 is 2.10 bits per heavy atom. The van der Waals surface area contributed by atoms with Crippen molar-refractivity contribution in [2.24, 2.45) is 0 Å². The SMILES string of the molecule is Cc1cccc(Cc2n[nH]c(SCc3ccccn3)n2)c1. The summed E-state index contributed by atoms with van der Waals surface area (Å²) in [5, 5.41) is 8.10. The van der Waals surface area contributed by atoms with Crippen molar-refractivity contribution in [1.29, 1.82) is 0 Å². The van der Waals surface area contributed by atoms with Gasteiger partial charge in [0.1, 0.15) is 0 Å². The Morgan fingerprint density at radius 1 is 1.14 bits per heavy atom. The number of aromatic nitrogens is 4. The van der Waals surface area contributed by atoms with Crippen LogP contribution in [-0.2, 0) is 12.2 Å². The largest absolute Gasteiger partial charge is 0.260 e. The lowest BCUT2D eigenvalue weighted by molar-refractivity contribution is 0.955. The number of nitrogens with one attached hydrogen (secondary N) is 1. The maximum atomic E-state index is 4.52. The van der Waals surface area contributed by atoms with E-state index in [9.17, 15) is 0 Å². The standard InChI is InChI=1S/C16H16N4S/c1-12-5-4-6-13(9-12)10-15-18-16(20-19-15)21-11-14-7-2-3-8-17-14/h2-9H,10-11H2,1H3,(H,18,19,20). The molecule has 3 rings (SSSR count). The highest BCUT2D eigenvalue weighted by Gasteiger charge is 2.06. The highest BCUT2D eigenvalue weighted by Crippen LogP contribution is 2.18. The number of hydrogen-bond donors (Lipinski definition) is 1. The van der Waals surface area contributed by atoms with E-state index in [0.717, 1.165) is 28.8 Å². The third kappa shape index (κ3) is 3.92. The minimum atomic E-state index is 0.752. The average Bonchev–Trinajstić information content (AvgIpc) is 2.94. The van der Waals surface area contributed by atoms with Crippen LogP contribution in [0, 0.1) is 6.92 Å². The summed E-state index contributed by atoms with van der Waals surface area (Å²) in [6.45, 7) is 2.09. The van der Waals surface area contributed by atoms with Crippen molar-refractivity contribution in [1.82, 2.24) is 20.2 Å². The summed E-state index contributed by atoms with van der Waals surface area (Å²) in [6.07, 6.45) is 2.56. The van der Waals surface area contributed by atoms with E-state index in [0.29, 0.717) is 0 Å². The highest BCUT2D eigenvalue weighted by molar-refractivity contribution is 7.98. The zero-order valence-corrected chi connectivity index (χ0v) is 12.6. The zero-order valence-electron chi connectivity index (χ0n) is 11.8. The predicted octanol–water partition coefficient (Wildman–Crippen LogP) is 3.39. The molecule has 0 atom stereocenters. The third-order valence-corrected chi connectivity index (χ3v) is 3.93. The maximum Gasteiger partial charge on any atom is 0.184 e. The quantitative estimate of drug-likeness (QED) is 0.733. The van der Waals surface area contributed by atoms with Gasteiger partial charge >= 0.3 is 0 Å². The monoisotopic (exact) mass is 296 g/mol. The van der Waals surface area contributed by atoms with Gasteiger partial charge in [-0.15, -0.1) is 0 Å². The van der Waals surface area contributed by atoms with Crippen LogP contribution in [0.5, 0.6) is 0 Å². The van der Waals surface area contributed by atoms with Gasteiger partial charge in [0.05, 0.1) is 5.69 Å². The van der Waals surface area contributed by atoms with Gasteiger partial charge in [-0.05, 0) is 24.6 Å². The lowest BCUT2D eigenvalue weighted by Crippen LogP contribution is -1.91. The van der Waals surface area contributed by atoms with Gasteiger partial charge in [-0.3, -0.25) is 10.1 Å². The summed E-state index contributed by atoms with van der Waals surface area (Å²) in [7, 11) is 0. The maximum absolute atomic E-state index is 4.52. The third-order valence-electron chi connectivity index (χ3n) is 3.04. The fraction of sp³-hybridized carbons (Fsp3) is 0.188. The Labute approximate surface area is 128 Å². The molecule has 0 aliphatic carbocycles. The fourth-order valence-corrected chi connectivity index (χ4v) is 2.79. The molecule has 3 aromatic rings. The molecule has 1 N–H and O–H groups in total. The van der Waals surface area contributed by atoms with E-state index in [-0.39, 0.29) is 0 Å². The van der Waals surface area contributed by atoms with Crippen LogP contribution in [0.3, 0.4) is 0 Å². The summed E-state index contributed by atoms with van der Waals surface area (Å²) in [5.41, 5.74) is 3.53. The minimum absolute atomic E-state index is 0.752. The number of aryl methyl sites for hydroxylation is 1. The molecule has 0 saturated carbocycles. The normalized spacial score (nSPS) is 10.7. The summed E-state index contributed by atoms with van der Waals surface area (Å²) >= 11 is 1.62. The van der Waals surface area contributed by atoms with Gasteiger partial charge in [-0.2, -0.15) is 5.10 Å². The molecule has 0 saturated heterocycles. The van der Waals surface area contributed by atoms with Crippen molar-refractivity contribution in [3.05, 3.63) is 71.3 Å². The number of pyridine rings is 1. The highest BCUT2D eigenvalue weighted by atomic mass is 32.2. The summed E-state index contributed by atoms with van der Waals surface area (Å²) in [4.78, 5) is 8.81. The Morgan fingerprint density at radius 3 is 2.90 bits per heavy atom. The Bertz CT molecular complexity index is 709. The molecule has 2 heterocycles. The molecule has 0 unspecified atom stereocenters. The van der Waals surface area contributed by atoms with E-state index >= 15 is 0 Å². The number of hydrogen-bond acceptors (Lipinski definition) is 4. The summed E-state index contributed by atoms with van der Waals surface area (Å²) in [5.74, 6) is 1.61. The Balaban J connectivity index is 1.61. The first kappa shape index (κ1) is 13.8. The number of benzene rings is 1. The van der Waals surface area contributed by atoms with Gasteiger partial charge in [0.25, 0.3) is 0 Å². The van der Waals surface area contributed by atoms with Crippen LogP contribution in [0.4, 0.5) is 0 Å². The van der Waals surface area contributed by atoms with Gasteiger partial charge in [-0.25, -0.2) is 4.98 Å². The topological polar surface area (TPSA) is 54.5 Å². The fourth-order valence-electron chi connectivity index (χ4n) is 2.05. The molecule has 2 aromatic heterocycles. The Kier molecular flexibility index (Phi) is 4.31. The molecule has 0 bridgehead atoms. The van der Waals surface area contributed by atoms with Crippen LogP contribution in [0.15, 0.2) is 53.8 Å². The van der Waals surface area contributed by atoms with Gasteiger partial charge in [0.2, 0.25) is 0 Å². The molecule has 1 aromatic carbocycles. The van der Waals surface area contributed by atoms with Crippen LogP contribution in [0.1, 0.15) is 22.6 Å². The van der Waals surface area contributed by atoms with Crippen LogP contribution >= 0.6 is 11.8 Å². The predicted molar refractivity (Wildman–Crippen MR) is 84.2 cm³/mol. The van der Waals surface area contributed by atoms with E-state index in [4.69, 9.17) is 0 Å². The molecule has 4 nitrogen and oxygen atoms in total. The number of H-pyrrole nitrogens is 1. The van der Waals surface area contributed by atoms with Crippen LogP contribution in [0.25, 0.3) is 0 Å². The summed E-state index contributed by atoms with van der Waals surface area (Å²) in [6, 6.07) is 14.3. The van der Waals surface area contributed by atoms with Gasteiger partial charge in [-0.1, -0.05) is 47.7 Å². The number of aromatic amines is 1. The molecule has 0 radical (unpaired) electrons. The molecule has 5 heteroatoms. The molecule has 0 amide bonds. The van der Waals surface area contributed by atoms with Gasteiger partial charge < -0.3 is 0 Å². The number of rotatable bonds is 5. The van der Waals surface area contributed by atoms with Gasteiger partial charge in [0.15, 0.2) is 11.0 Å². The first-order chi connectivity index (χ1) is 10.3. The Hall–Kier alpha value is -2.14. The lowest BCUT2D eigenvalue weighted by Gasteiger charge is -1.98. The molecular formula is C16H16N4S. The average molecular weight is 296 g/mol. The number of thioether (sulfide) groups is 1. The second kappa shape index (κ2) is 6.54. The van der Waals surface area contributed by atoms with Crippen LogP contribution < -0.4 is 0 Å². The van der Waals surface area contributed by atoms with Crippen molar-refractivity contribution in [2.75, 3.05) is 0 Å². The molecule has 0 aliphatic heterocycles. The first-order valence-corrected chi connectivity index (χ1v) is 7.78. The molecule has 21 heavy (non-hydrogen) atoms. The van der Waals surface area contributed by atoms with Crippen molar-refractivity contribution in [2.45, 2.75) is 24.3 Å². The minimum Gasteiger partial charge on any atom is -0.260 e. The van der Waals surface area contributed by atoms with Crippen molar-refractivity contribution in [3.8, 4) is 0 Å². The molecule has 106 valence electrons. The van der Waals surface area contributed by atoms with E-state index in [1.54, 1.807) is 18.0 Å². The molecule has 0 spiro atoms. The molecule has 0 fully saturated rings. The molecule has 0 aliphatic rings. The first-order valence-electron chi connectivity index (χ1n) is 6.79. The van der Waals surface area contributed by atoms with E-state index in [1.807, 2.05) is 18.2 Å². The van der Waals surface area contributed by atoms with E-state index in [2.05, 4.69) is 51.4 Å². The van der Waals surface area contributed by atoms with Crippen molar-refractivity contribution >= 4 is 11.8 Å².